The van der Waals surface area contributed by atoms with Crippen LogP contribution in [0, 0.1) is 111 Å². The second-order valence-corrected chi connectivity index (χ2v) is 20.1. The van der Waals surface area contributed by atoms with E-state index in [2.05, 4.69) is 248 Å². The predicted molar refractivity (Wildman–Crippen MR) is 323 cm³/mol. The second kappa shape index (κ2) is 27.3. The van der Waals surface area contributed by atoms with Crippen molar-refractivity contribution in [1.82, 2.24) is 0 Å². The molecule has 0 bridgehead atoms. The average Bonchev–Trinajstić information content (AvgIpc) is 3.37. The number of hydrogen-bond donors (Lipinski definition) is 0. The maximum Gasteiger partial charge on any atom is 0.185 e. The van der Waals surface area contributed by atoms with Crippen LogP contribution in [0.15, 0.2) is 162 Å². The number of nitrogens with zero attached hydrogens (tertiary/aromatic N) is 2. The van der Waals surface area contributed by atoms with Crippen LogP contribution in [0.1, 0.15) is 127 Å². The molecule has 0 aromatic heterocycles. The van der Waals surface area contributed by atoms with E-state index in [0.717, 1.165) is 28.1 Å². The van der Waals surface area contributed by atoms with Crippen molar-refractivity contribution in [2.75, 3.05) is 0 Å². The van der Waals surface area contributed by atoms with Gasteiger partial charge in [-0.2, -0.15) is 10.2 Å². The molecule has 0 fully saturated rings. The molecule has 0 unspecified atom stereocenters. The number of allylic oxidation sites excluding steroid dienone is 1. The summed E-state index contributed by atoms with van der Waals surface area (Å²) in [6.45, 7) is 33.8. The van der Waals surface area contributed by atoms with Crippen LogP contribution in [-0.4, -0.2) is 5.78 Å². The van der Waals surface area contributed by atoms with Crippen molar-refractivity contribution in [3.05, 3.63) is 274 Å². The normalized spacial score (nSPS) is 11.1. The Kier molecular flexibility index (Phi) is 21.1. The van der Waals surface area contributed by atoms with Crippen molar-refractivity contribution in [2.45, 2.75) is 111 Å². The molecular weight excluding hydrogens is 897 g/mol. The van der Waals surface area contributed by atoms with Crippen LogP contribution >= 0.6 is 0 Å². The summed E-state index contributed by atoms with van der Waals surface area (Å²) in [7, 11) is 0. The summed E-state index contributed by atoms with van der Waals surface area (Å²) >= 11 is 0. The van der Waals surface area contributed by atoms with Gasteiger partial charge in [0.15, 0.2) is 5.78 Å². The number of ketones is 1. The van der Waals surface area contributed by atoms with Crippen LogP contribution in [0.25, 0.3) is 30.4 Å². The maximum absolute atomic E-state index is 12.1. The summed E-state index contributed by atoms with van der Waals surface area (Å²) in [5.74, 6) is 0.0475. The Morgan fingerprint density at radius 2 is 0.486 bits per heavy atom. The number of carbonyl (C=O) groups excluding carboxylic acids is 1. The smallest absolute Gasteiger partial charge is 0.185 e. The van der Waals surface area contributed by atoms with Crippen molar-refractivity contribution >= 4 is 47.5 Å². The van der Waals surface area contributed by atoms with E-state index in [1.165, 1.54) is 106 Å². The van der Waals surface area contributed by atoms with Gasteiger partial charge in [-0.15, -0.1) is 0 Å². The topological polar surface area (TPSA) is 41.8 Å². The first-order chi connectivity index (χ1) is 35.1. The molecule has 0 aliphatic carbocycles. The first-order valence-electron chi connectivity index (χ1n) is 25.7. The van der Waals surface area contributed by atoms with E-state index in [9.17, 15) is 4.79 Å². The summed E-state index contributed by atoms with van der Waals surface area (Å²) in [4.78, 5) is 12.1. The van der Waals surface area contributed by atoms with E-state index >= 15 is 0 Å². The van der Waals surface area contributed by atoms with Gasteiger partial charge in [-0.1, -0.05) is 146 Å². The Bertz CT molecular complexity index is 2940. The Morgan fingerprint density at radius 3 is 0.743 bits per heavy atom. The lowest BCUT2D eigenvalue weighted by atomic mass is 10.0. The summed E-state index contributed by atoms with van der Waals surface area (Å²) in [5, 5.41) is 8.55. The van der Waals surface area contributed by atoms with Crippen LogP contribution in [0.5, 0.6) is 0 Å². The zero-order valence-electron chi connectivity index (χ0n) is 47.1. The van der Waals surface area contributed by atoms with Crippen LogP contribution in [0.4, 0.5) is 11.4 Å². The lowest BCUT2D eigenvalue weighted by Crippen LogP contribution is -1.95. The first-order valence-corrected chi connectivity index (χ1v) is 25.7. The fourth-order valence-electron chi connectivity index (χ4n) is 7.58. The molecule has 0 heterocycles. The SMILES string of the molecule is Cc1ccc(C=CC(=O)c2ccc(C)c(C)c2)cc1C.Cc1ccc(C=Cc2ccc(C)c(C)c2)cc1C.Cc1ccc(C=Cc2ccc(C)c(C)c2)cc1C.Cc1ccc(N=Nc2ccc(C)c(C)c2)cc1C. The Hall–Kier alpha value is -7.75. The van der Waals surface area contributed by atoms with E-state index < -0.39 is 0 Å². The molecular formula is C71H78N2O. The molecule has 0 spiro atoms. The molecule has 0 aliphatic rings. The quantitative estimate of drug-likeness (QED) is 0.0615. The van der Waals surface area contributed by atoms with Crippen molar-refractivity contribution in [1.29, 1.82) is 0 Å². The third kappa shape index (κ3) is 17.8. The molecule has 0 aliphatic heterocycles. The minimum absolute atomic E-state index is 0.0475. The van der Waals surface area contributed by atoms with Gasteiger partial charge >= 0.3 is 0 Å². The van der Waals surface area contributed by atoms with Gasteiger partial charge in [-0.3, -0.25) is 4.79 Å². The highest BCUT2D eigenvalue weighted by Gasteiger charge is 2.04. The molecule has 378 valence electrons. The summed E-state index contributed by atoms with van der Waals surface area (Å²) in [6.07, 6.45) is 12.2. The van der Waals surface area contributed by atoms with Gasteiger partial charge in [-0.05, 0) is 264 Å². The van der Waals surface area contributed by atoms with Crippen LogP contribution in [0.2, 0.25) is 0 Å². The number of benzene rings is 8. The predicted octanol–water partition coefficient (Wildman–Crippen LogP) is 20.3. The van der Waals surface area contributed by atoms with Crippen LogP contribution in [-0.2, 0) is 0 Å². The molecule has 3 nitrogen and oxygen atoms in total. The second-order valence-electron chi connectivity index (χ2n) is 20.1. The summed E-state index contributed by atoms with van der Waals surface area (Å²) in [5.41, 5.74) is 29.3. The van der Waals surface area contributed by atoms with Crippen molar-refractivity contribution < 1.29 is 4.79 Å². The van der Waals surface area contributed by atoms with Gasteiger partial charge in [0.2, 0.25) is 0 Å². The molecule has 8 rings (SSSR count). The maximum atomic E-state index is 12.1. The van der Waals surface area contributed by atoms with Gasteiger partial charge in [0.05, 0.1) is 11.4 Å². The number of carbonyl (C=O) groups is 1. The average molecular weight is 975 g/mol. The zero-order valence-corrected chi connectivity index (χ0v) is 47.1. The fourth-order valence-corrected chi connectivity index (χ4v) is 7.58. The number of aryl methyl sites for hydroxylation is 16. The van der Waals surface area contributed by atoms with E-state index in [0.29, 0.717) is 0 Å². The van der Waals surface area contributed by atoms with Crippen molar-refractivity contribution in [2.24, 2.45) is 10.2 Å². The van der Waals surface area contributed by atoms with E-state index in [-0.39, 0.29) is 5.78 Å². The minimum atomic E-state index is 0.0475. The zero-order chi connectivity index (χ0) is 54.1. The van der Waals surface area contributed by atoms with Crippen LogP contribution in [0.3, 0.4) is 0 Å². The Balaban J connectivity index is 0.000000183. The molecule has 74 heavy (non-hydrogen) atoms. The molecule has 0 amide bonds. The Morgan fingerprint density at radius 1 is 0.257 bits per heavy atom. The number of hydrogen-bond acceptors (Lipinski definition) is 3. The third-order valence-corrected chi connectivity index (χ3v) is 14.1. The van der Waals surface area contributed by atoms with E-state index in [4.69, 9.17) is 0 Å². The highest BCUT2D eigenvalue weighted by Crippen LogP contribution is 2.23. The van der Waals surface area contributed by atoms with E-state index in [1.54, 1.807) is 6.08 Å². The van der Waals surface area contributed by atoms with Gasteiger partial charge in [0.25, 0.3) is 0 Å². The molecule has 8 aromatic carbocycles. The summed E-state index contributed by atoms with van der Waals surface area (Å²) < 4.78 is 0. The minimum Gasteiger partial charge on any atom is -0.289 e. The molecule has 3 heteroatoms. The van der Waals surface area contributed by atoms with Gasteiger partial charge < -0.3 is 0 Å². The van der Waals surface area contributed by atoms with Gasteiger partial charge in [-0.25, -0.2) is 0 Å². The number of rotatable bonds is 9. The van der Waals surface area contributed by atoms with Crippen molar-refractivity contribution in [3.8, 4) is 0 Å². The third-order valence-electron chi connectivity index (χ3n) is 14.1. The standard InChI is InChI=1S/C19H20O.2C18H20.C16H18N2/c1-13-5-7-17(11-15(13)3)8-10-19(20)18-9-6-14(2)16(4)12-18;2*1-13-5-7-17(11-15(13)3)9-10-18-8-6-14(2)16(4)12-18;1-11-5-7-15(9-13(11)3)17-18-16-8-6-12(2)14(4)10-16/h5-12H,1-4H3;2*5-12H,1-4H3;5-10H,1-4H3. The lowest BCUT2D eigenvalue weighted by Gasteiger charge is -2.03. The number of azo groups is 1. The van der Waals surface area contributed by atoms with Gasteiger partial charge in [0.1, 0.15) is 0 Å². The molecule has 0 N–H and O–H groups in total. The monoisotopic (exact) mass is 975 g/mol. The lowest BCUT2D eigenvalue weighted by molar-refractivity contribution is 0.104. The largest absolute Gasteiger partial charge is 0.289 e. The molecule has 0 saturated carbocycles. The molecule has 0 atom stereocenters. The molecule has 0 saturated heterocycles. The molecule has 8 aromatic rings. The molecule has 0 radical (unpaired) electrons. The van der Waals surface area contributed by atoms with E-state index in [1.807, 2.05) is 49.4 Å². The van der Waals surface area contributed by atoms with Gasteiger partial charge in [0, 0.05) is 5.56 Å². The fraction of sp³-hybridized carbons (Fsp3) is 0.225. The Labute approximate surface area is 445 Å². The van der Waals surface area contributed by atoms with Crippen LogP contribution < -0.4 is 0 Å². The first kappa shape index (κ1) is 57.2. The summed E-state index contributed by atoms with van der Waals surface area (Å²) in [6, 6.07) is 50.6. The highest BCUT2D eigenvalue weighted by molar-refractivity contribution is 6.07. The highest BCUT2D eigenvalue weighted by atomic mass is 16.1. The van der Waals surface area contributed by atoms with Crippen molar-refractivity contribution in [3.63, 3.8) is 0 Å².